The van der Waals surface area contributed by atoms with Crippen LogP contribution in [0, 0.1) is 4.78 Å². The summed E-state index contributed by atoms with van der Waals surface area (Å²) in [6, 6.07) is 0. The van der Waals surface area contributed by atoms with Crippen LogP contribution in [0.2, 0.25) is 0 Å². The predicted molar refractivity (Wildman–Crippen MR) is 44.3 cm³/mol. The molecule has 2 atom stereocenters. The van der Waals surface area contributed by atoms with Gasteiger partial charge in [0.1, 0.15) is 0 Å². The molecule has 0 aromatic carbocycles. The molecule has 0 bridgehead atoms. The fourth-order valence-electron chi connectivity index (χ4n) is 1.08. The summed E-state index contributed by atoms with van der Waals surface area (Å²) in [6.07, 6.45) is 1.42. The van der Waals surface area contributed by atoms with Crippen molar-refractivity contribution in [2.24, 2.45) is 0 Å². The molecule has 0 amide bonds. The Morgan fingerprint density at radius 2 is 2.55 bits per heavy atom. The van der Waals surface area contributed by atoms with Crippen LogP contribution in [0.3, 0.4) is 0 Å². The van der Waals surface area contributed by atoms with E-state index in [1.807, 2.05) is 0 Å². The maximum atomic E-state index is 11.0. The number of nitrogens with one attached hydrogen (secondary N) is 2. The number of rotatable bonds is 2. The molecule has 2 N–H and O–H groups in total. The van der Waals surface area contributed by atoms with Gasteiger partial charge in [-0.15, -0.1) is 0 Å². The Bertz CT molecular complexity index is 207. The Balaban J connectivity index is 2.36. The van der Waals surface area contributed by atoms with Gasteiger partial charge in [-0.3, -0.25) is 8.99 Å². The lowest BCUT2D eigenvalue weighted by molar-refractivity contribution is 0.0434. The Kier molecular flexibility index (Phi) is 2.86. The van der Waals surface area contributed by atoms with Crippen molar-refractivity contribution in [2.75, 3.05) is 31.7 Å². The highest BCUT2D eigenvalue weighted by Crippen LogP contribution is 1.99. The van der Waals surface area contributed by atoms with E-state index in [9.17, 15) is 4.21 Å². The monoisotopic (exact) mass is 178 g/mol. The molecule has 4 nitrogen and oxygen atoms in total. The van der Waals surface area contributed by atoms with E-state index < -0.39 is 9.73 Å². The highest BCUT2D eigenvalue weighted by atomic mass is 32.2. The van der Waals surface area contributed by atoms with Crippen molar-refractivity contribution in [1.29, 1.82) is 4.78 Å². The summed E-state index contributed by atoms with van der Waals surface area (Å²) in [7, 11) is -2.39. The van der Waals surface area contributed by atoms with Crippen molar-refractivity contribution in [3.8, 4) is 0 Å². The van der Waals surface area contributed by atoms with Crippen molar-refractivity contribution < 1.29 is 8.95 Å². The Hall–Kier alpha value is -0.130. The first-order valence-corrected chi connectivity index (χ1v) is 5.75. The summed E-state index contributed by atoms with van der Waals surface area (Å²) in [4.78, 5) is 0. The van der Waals surface area contributed by atoms with E-state index in [0.29, 0.717) is 12.4 Å². The van der Waals surface area contributed by atoms with Gasteiger partial charge in [0.05, 0.1) is 18.5 Å². The molecule has 2 unspecified atom stereocenters. The topological polar surface area (TPSA) is 62.2 Å². The molecule has 0 aromatic heterocycles. The van der Waals surface area contributed by atoms with Crippen molar-refractivity contribution in [3.05, 3.63) is 0 Å². The molecule has 1 aliphatic heterocycles. The third-order valence-electron chi connectivity index (χ3n) is 1.51. The van der Waals surface area contributed by atoms with Crippen molar-refractivity contribution in [2.45, 2.75) is 6.10 Å². The van der Waals surface area contributed by atoms with Crippen LogP contribution in [0.15, 0.2) is 0 Å². The average molecular weight is 178 g/mol. The van der Waals surface area contributed by atoms with E-state index in [1.54, 1.807) is 0 Å². The van der Waals surface area contributed by atoms with Gasteiger partial charge < -0.3 is 10.1 Å². The molecular formula is C6H14N2O2S. The molecule has 11 heavy (non-hydrogen) atoms. The molecule has 0 radical (unpaired) electrons. The van der Waals surface area contributed by atoms with Gasteiger partial charge in [-0.1, -0.05) is 0 Å². The number of ether oxygens (including phenoxy) is 1. The summed E-state index contributed by atoms with van der Waals surface area (Å²) in [5, 5.41) is 3.12. The third-order valence-corrected chi connectivity index (χ3v) is 2.52. The molecule has 1 heterocycles. The SMILES string of the molecule is CS(=N)(=O)CC1CNCCO1. The Labute approximate surface area is 67.3 Å². The minimum absolute atomic E-state index is 0.0289. The molecule has 0 spiro atoms. The molecule has 1 aliphatic rings. The third kappa shape index (κ3) is 3.69. The average Bonchev–Trinajstić information content (AvgIpc) is 1.85. The Morgan fingerprint density at radius 1 is 1.82 bits per heavy atom. The molecular weight excluding hydrogens is 164 g/mol. The molecule has 0 saturated carbocycles. The first-order chi connectivity index (χ1) is 5.08. The van der Waals surface area contributed by atoms with Gasteiger partial charge in [0, 0.05) is 29.1 Å². The first-order valence-electron chi connectivity index (χ1n) is 3.62. The fraction of sp³-hybridized carbons (Fsp3) is 1.00. The van der Waals surface area contributed by atoms with Gasteiger partial charge in [0.2, 0.25) is 0 Å². The van der Waals surface area contributed by atoms with Gasteiger partial charge in [0.25, 0.3) is 0 Å². The van der Waals surface area contributed by atoms with Crippen LogP contribution in [-0.4, -0.2) is 42.0 Å². The van der Waals surface area contributed by atoms with Crippen LogP contribution in [0.4, 0.5) is 0 Å². The summed E-state index contributed by atoms with van der Waals surface area (Å²) in [6.45, 7) is 2.25. The molecule has 0 aliphatic carbocycles. The van der Waals surface area contributed by atoms with Crippen LogP contribution in [-0.2, 0) is 14.5 Å². The van der Waals surface area contributed by atoms with Crippen LogP contribution < -0.4 is 5.32 Å². The van der Waals surface area contributed by atoms with Gasteiger partial charge in [-0.05, 0) is 0 Å². The fourth-order valence-corrected chi connectivity index (χ4v) is 2.01. The zero-order chi connectivity index (χ0) is 8.32. The van der Waals surface area contributed by atoms with Gasteiger partial charge >= 0.3 is 0 Å². The standard InChI is InChI=1S/C6H14N2O2S/c1-11(7,9)5-6-4-8-2-3-10-6/h6-8H,2-5H2,1H3. The highest BCUT2D eigenvalue weighted by Gasteiger charge is 2.16. The number of hydrogen-bond donors (Lipinski definition) is 2. The van der Waals surface area contributed by atoms with Crippen molar-refractivity contribution in [3.63, 3.8) is 0 Å². The summed E-state index contributed by atoms with van der Waals surface area (Å²) in [5.74, 6) is 0.347. The van der Waals surface area contributed by atoms with Crippen LogP contribution in [0.5, 0.6) is 0 Å². The second-order valence-corrected chi connectivity index (χ2v) is 5.21. The van der Waals surface area contributed by atoms with Crippen LogP contribution in [0.25, 0.3) is 0 Å². The molecule has 5 heteroatoms. The van der Waals surface area contributed by atoms with Crippen LogP contribution in [0.1, 0.15) is 0 Å². The number of hydrogen-bond acceptors (Lipinski definition) is 4. The minimum Gasteiger partial charge on any atom is -0.375 e. The lowest BCUT2D eigenvalue weighted by Crippen LogP contribution is -2.41. The van der Waals surface area contributed by atoms with E-state index in [-0.39, 0.29) is 6.10 Å². The zero-order valence-corrected chi connectivity index (χ0v) is 7.45. The molecule has 1 fully saturated rings. The smallest absolute Gasteiger partial charge is 0.0823 e. The highest BCUT2D eigenvalue weighted by molar-refractivity contribution is 7.91. The maximum absolute atomic E-state index is 11.0. The molecule has 1 saturated heterocycles. The summed E-state index contributed by atoms with van der Waals surface area (Å²) >= 11 is 0. The molecule has 1 rings (SSSR count). The number of morpholine rings is 1. The van der Waals surface area contributed by atoms with E-state index in [2.05, 4.69) is 5.32 Å². The predicted octanol–water partition coefficient (Wildman–Crippen LogP) is -0.349. The second-order valence-electron chi connectivity index (χ2n) is 2.87. The largest absolute Gasteiger partial charge is 0.375 e. The maximum Gasteiger partial charge on any atom is 0.0823 e. The Morgan fingerprint density at radius 3 is 3.00 bits per heavy atom. The minimum atomic E-state index is -2.39. The quantitative estimate of drug-likeness (QED) is 0.607. The lowest BCUT2D eigenvalue weighted by Gasteiger charge is -2.23. The molecule has 0 aromatic rings. The van der Waals surface area contributed by atoms with E-state index >= 15 is 0 Å². The lowest BCUT2D eigenvalue weighted by atomic mass is 10.3. The van der Waals surface area contributed by atoms with E-state index in [1.165, 1.54) is 6.26 Å². The van der Waals surface area contributed by atoms with E-state index in [4.69, 9.17) is 9.52 Å². The van der Waals surface area contributed by atoms with Gasteiger partial charge in [-0.25, -0.2) is 0 Å². The summed E-state index contributed by atoms with van der Waals surface area (Å²) < 4.78 is 23.5. The molecule has 66 valence electrons. The normalized spacial score (nSPS) is 31.2. The first kappa shape index (κ1) is 8.96. The van der Waals surface area contributed by atoms with Gasteiger partial charge in [0.15, 0.2) is 0 Å². The van der Waals surface area contributed by atoms with Crippen molar-refractivity contribution >= 4 is 9.73 Å². The van der Waals surface area contributed by atoms with Crippen molar-refractivity contribution in [1.82, 2.24) is 5.32 Å². The second kappa shape index (κ2) is 3.51. The zero-order valence-electron chi connectivity index (χ0n) is 6.63. The van der Waals surface area contributed by atoms with E-state index in [0.717, 1.165) is 13.1 Å². The van der Waals surface area contributed by atoms with Crippen LogP contribution >= 0.6 is 0 Å². The summed E-state index contributed by atoms with van der Waals surface area (Å²) in [5.41, 5.74) is 0. The van der Waals surface area contributed by atoms with Gasteiger partial charge in [-0.2, -0.15) is 0 Å².